The lowest BCUT2D eigenvalue weighted by molar-refractivity contribution is -0.123. The first kappa shape index (κ1) is 14.3. The second-order valence-electron chi connectivity index (χ2n) is 6.14. The van der Waals surface area contributed by atoms with E-state index < -0.39 is 5.41 Å². The first-order valence-electron chi connectivity index (χ1n) is 7.06. The minimum Gasteiger partial charge on any atom is -0.436 e. The van der Waals surface area contributed by atoms with Gasteiger partial charge in [0.05, 0.1) is 0 Å². The Bertz CT molecular complexity index is 817. The molecule has 0 aliphatic carbocycles. The van der Waals surface area contributed by atoms with Crippen LogP contribution in [0.1, 0.15) is 20.8 Å². The number of benzene rings is 1. The van der Waals surface area contributed by atoms with Gasteiger partial charge in [-0.1, -0.05) is 20.8 Å². The molecule has 2 heterocycles. The van der Waals surface area contributed by atoms with E-state index in [9.17, 15) is 4.79 Å². The minimum atomic E-state index is -0.443. The highest BCUT2D eigenvalue weighted by molar-refractivity contribution is 5.96. The summed E-state index contributed by atoms with van der Waals surface area (Å²) in [5, 5.41) is 2.89. The van der Waals surface area contributed by atoms with Crippen molar-refractivity contribution in [2.24, 2.45) is 5.41 Å². The van der Waals surface area contributed by atoms with Crippen molar-refractivity contribution in [1.29, 1.82) is 0 Å². The van der Waals surface area contributed by atoms with E-state index in [1.54, 1.807) is 12.4 Å². The molecule has 1 amide bonds. The third-order valence-corrected chi connectivity index (χ3v) is 3.25. The number of fused-ring (bicyclic) bond motifs is 1. The van der Waals surface area contributed by atoms with Crippen LogP contribution in [-0.2, 0) is 4.79 Å². The van der Waals surface area contributed by atoms with Gasteiger partial charge in [-0.3, -0.25) is 9.78 Å². The highest BCUT2D eigenvalue weighted by Gasteiger charge is 2.21. The lowest BCUT2D eigenvalue weighted by Gasteiger charge is -2.17. The first-order chi connectivity index (χ1) is 10.4. The molecule has 0 aliphatic heterocycles. The number of aromatic nitrogens is 2. The molecule has 0 saturated carbocycles. The van der Waals surface area contributed by atoms with Gasteiger partial charge in [-0.25, -0.2) is 4.98 Å². The van der Waals surface area contributed by atoms with Crippen molar-refractivity contribution in [3.05, 3.63) is 42.7 Å². The van der Waals surface area contributed by atoms with E-state index >= 15 is 0 Å². The number of oxazole rings is 1. The summed E-state index contributed by atoms with van der Waals surface area (Å²) in [7, 11) is 0. The van der Waals surface area contributed by atoms with Crippen molar-refractivity contribution in [2.45, 2.75) is 20.8 Å². The third-order valence-electron chi connectivity index (χ3n) is 3.25. The third kappa shape index (κ3) is 2.83. The summed E-state index contributed by atoms with van der Waals surface area (Å²) in [6.07, 6.45) is 3.39. The monoisotopic (exact) mass is 295 g/mol. The molecule has 3 aromatic rings. The minimum absolute atomic E-state index is 0.0373. The van der Waals surface area contributed by atoms with Gasteiger partial charge in [-0.2, -0.15) is 0 Å². The Hall–Kier alpha value is -2.69. The second-order valence-corrected chi connectivity index (χ2v) is 6.14. The van der Waals surface area contributed by atoms with E-state index in [0.29, 0.717) is 22.7 Å². The molecule has 0 saturated heterocycles. The standard InChI is InChI=1S/C17H17N3O2/c1-17(2,3)16(21)19-12-4-5-14-13(10-12)20-15(22-14)11-6-8-18-9-7-11/h4-10H,1-3H3,(H,19,21). The number of anilines is 1. The molecule has 5 heteroatoms. The maximum atomic E-state index is 12.0. The van der Waals surface area contributed by atoms with Crippen LogP contribution < -0.4 is 5.32 Å². The molecule has 112 valence electrons. The Kier molecular flexibility index (Phi) is 3.41. The second kappa shape index (κ2) is 5.26. The van der Waals surface area contributed by atoms with Gasteiger partial charge in [0, 0.05) is 29.1 Å². The predicted octanol–water partition coefficient (Wildman–Crippen LogP) is 3.87. The van der Waals surface area contributed by atoms with Crippen LogP contribution in [0.2, 0.25) is 0 Å². The zero-order chi connectivity index (χ0) is 15.7. The maximum absolute atomic E-state index is 12.0. The van der Waals surface area contributed by atoms with E-state index in [1.807, 2.05) is 51.1 Å². The van der Waals surface area contributed by atoms with Gasteiger partial charge in [0.25, 0.3) is 0 Å². The number of hydrogen-bond acceptors (Lipinski definition) is 4. The van der Waals surface area contributed by atoms with Crippen LogP contribution in [0.15, 0.2) is 47.1 Å². The average Bonchev–Trinajstić information content (AvgIpc) is 2.90. The highest BCUT2D eigenvalue weighted by atomic mass is 16.3. The molecule has 0 spiro atoms. The summed E-state index contributed by atoms with van der Waals surface area (Å²) in [6, 6.07) is 9.12. The number of nitrogens with one attached hydrogen (secondary N) is 1. The fourth-order valence-corrected chi connectivity index (χ4v) is 1.94. The Morgan fingerprint density at radius 2 is 1.86 bits per heavy atom. The maximum Gasteiger partial charge on any atom is 0.229 e. The zero-order valence-electron chi connectivity index (χ0n) is 12.8. The molecule has 2 aromatic heterocycles. The molecule has 1 aromatic carbocycles. The molecule has 0 atom stereocenters. The van der Waals surface area contributed by atoms with Crippen molar-refractivity contribution >= 4 is 22.7 Å². The highest BCUT2D eigenvalue weighted by Crippen LogP contribution is 2.26. The fourth-order valence-electron chi connectivity index (χ4n) is 1.94. The molecule has 22 heavy (non-hydrogen) atoms. The number of hydrogen-bond donors (Lipinski definition) is 1. The number of rotatable bonds is 2. The van der Waals surface area contributed by atoms with Crippen molar-refractivity contribution in [3.63, 3.8) is 0 Å². The van der Waals surface area contributed by atoms with E-state index in [2.05, 4.69) is 15.3 Å². The molecule has 0 fully saturated rings. The number of pyridine rings is 1. The van der Waals surface area contributed by atoms with Crippen LogP contribution in [-0.4, -0.2) is 15.9 Å². The summed E-state index contributed by atoms with van der Waals surface area (Å²) >= 11 is 0. The molecule has 3 rings (SSSR count). The summed E-state index contributed by atoms with van der Waals surface area (Å²) in [4.78, 5) is 20.5. The van der Waals surface area contributed by atoms with Gasteiger partial charge in [0.1, 0.15) is 5.52 Å². The Labute approximate surface area is 128 Å². The summed E-state index contributed by atoms with van der Waals surface area (Å²) in [5.74, 6) is 0.501. The SMILES string of the molecule is CC(C)(C)C(=O)Nc1ccc2oc(-c3ccncc3)nc2c1. The van der Waals surface area contributed by atoms with Crippen LogP contribution in [0.3, 0.4) is 0 Å². The van der Waals surface area contributed by atoms with Crippen molar-refractivity contribution in [3.8, 4) is 11.5 Å². The largest absolute Gasteiger partial charge is 0.436 e. The number of amides is 1. The number of carbonyl (C=O) groups excluding carboxylic acids is 1. The Balaban J connectivity index is 1.92. The zero-order valence-corrected chi connectivity index (χ0v) is 12.8. The van der Waals surface area contributed by atoms with E-state index in [4.69, 9.17) is 4.42 Å². The normalized spacial score (nSPS) is 11.6. The summed E-state index contributed by atoms with van der Waals surface area (Å²) in [6.45, 7) is 5.62. The van der Waals surface area contributed by atoms with E-state index in [-0.39, 0.29) is 5.91 Å². The van der Waals surface area contributed by atoms with Gasteiger partial charge < -0.3 is 9.73 Å². The van der Waals surface area contributed by atoms with Gasteiger partial charge in [-0.05, 0) is 30.3 Å². The summed E-state index contributed by atoms with van der Waals surface area (Å²) in [5.41, 5.74) is 2.52. The van der Waals surface area contributed by atoms with E-state index in [0.717, 1.165) is 5.56 Å². The molecule has 0 unspecified atom stereocenters. The molecule has 0 radical (unpaired) electrons. The Morgan fingerprint density at radius 3 is 2.55 bits per heavy atom. The fraction of sp³-hybridized carbons (Fsp3) is 0.235. The van der Waals surface area contributed by atoms with Crippen molar-refractivity contribution < 1.29 is 9.21 Å². The lowest BCUT2D eigenvalue weighted by Crippen LogP contribution is -2.27. The molecular weight excluding hydrogens is 278 g/mol. The average molecular weight is 295 g/mol. The van der Waals surface area contributed by atoms with E-state index in [1.165, 1.54) is 0 Å². The quantitative estimate of drug-likeness (QED) is 0.779. The number of carbonyl (C=O) groups is 1. The topological polar surface area (TPSA) is 68.0 Å². The van der Waals surface area contributed by atoms with Gasteiger partial charge in [0.2, 0.25) is 11.8 Å². The molecule has 1 N–H and O–H groups in total. The lowest BCUT2D eigenvalue weighted by atomic mass is 9.95. The summed E-state index contributed by atoms with van der Waals surface area (Å²) < 4.78 is 5.73. The van der Waals surface area contributed by atoms with Gasteiger partial charge in [-0.15, -0.1) is 0 Å². The van der Waals surface area contributed by atoms with Crippen molar-refractivity contribution in [1.82, 2.24) is 9.97 Å². The molecule has 0 bridgehead atoms. The smallest absolute Gasteiger partial charge is 0.229 e. The molecule has 0 aliphatic rings. The van der Waals surface area contributed by atoms with Crippen LogP contribution in [0.25, 0.3) is 22.6 Å². The first-order valence-corrected chi connectivity index (χ1v) is 7.06. The van der Waals surface area contributed by atoms with Gasteiger partial charge >= 0.3 is 0 Å². The molecular formula is C17H17N3O2. The van der Waals surface area contributed by atoms with Crippen molar-refractivity contribution in [2.75, 3.05) is 5.32 Å². The van der Waals surface area contributed by atoms with Crippen LogP contribution in [0, 0.1) is 5.41 Å². The van der Waals surface area contributed by atoms with Crippen LogP contribution in [0.5, 0.6) is 0 Å². The van der Waals surface area contributed by atoms with Crippen LogP contribution >= 0.6 is 0 Å². The number of nitrogens with zero attached hydrogens (tertiary/aromatic N) is 2. The van der Waals surface area contributed by atoms with Crippen LogP contribution in [0.4, 0.5) is 5.69 Å². The predicted molar refractivity (Wildman–Crippen MR) is 85.3 cm³/mol. The Morgan fingerprint density at radius 1 is 1.14 bits per heavy atom. The molecule has 5 nitrogen and oxygen atoms in total. The van der Waals surface area contributed by atoms with Gasteiger partial charge in [0.15, 0.2) is 5.58 Å².